The molecule has 0 bridgehead atoms. The standard InChI is InChI=1S/2C18H26O.C3H7.Al/c2*19-18-16(14-8-3-1-4-9-14)12-7-13-17(18)15-10-5-2-6-11-15;1-3-2;/h2*7,12-15,19H,1-6,8-11H2;1,3H2,2H3;/q;;;+2/p-2. The Labute approximate surface area is 262 Å². The van der Waals surface area contributed by atoms with Gasteiger partial charge in [0.2, 0.25) is 0 Å². The Morgan fingerprint density at radius 1 is 0.476 bits per heavy atom. The maximum absolute atomic E-state index is 7.43. The Bertz CT molecular complexity index is 945. The molecule has 0 radical (unpaired) electrons. The van der Waals surface area contributed by atoms with Crippen LogP contribution in [0, 0.1) is 0 Å². The van der Waals surface area contributed by atoms with Gasteiger partial charge in [0, 0.05) is 0 Å². The lowest BCUT2D eigenvalue weighted by atomic mass is 9.79. The highest BCUT2D eigenvalue weighted by Gasteiger charge is 2.37. The van der Waals surface area contributed by atoms with Crippen molar-refractivity contribution in [3.8, 4) is 11.5 Å². The Balaban J connectivity index is 1.36. The van der Waals surface area contributed by atoms with Crippen molar-refractivity contribution in [1.82, 2.24) is 0 Å². The van der Waals surface area contributed by atoms with Gasteiger partial charge in [0.15, 0.2) is 0 Å². The topological polar surface area (TPSA) is 18.5 Å². The molecular formula is C39H57AlO2. The summed E-state index contributed by atoms with van der Waals surface area (Å²) in [5.41, 5.74) is 6.07. The molecule has 0 aliphatic heterocycles. The Kier molecular flexibility index (Phi) is 11.3. The van der Waals surface area contributed by atoms with Crippen molar-refractivity contribution in [3.63, 3.8) is 0 Å². The SMILES string of the molecule is CC[CH2][Al]([O]c1c(C2CCCCC2)cccc1C1CCCCC1)[O]c1c(C2CCCCC2)cccc1C1CCCCC1. The van der Waals surface area contributed by atoms with Crippen molar-refractivity contribution >= 4 is 14.8 Å². The number of hydrogen-bond acceptors (Lipinski definition) is 2. The number of rotatable bonds is 10. The Morgan fingerprint density at radius 2 is 0.762 bits per heavy atom. The van der Waals surface area contributed by atoms with Crippen LogP contribution in [-0.2, 0) is 0 Å². The molecule has 3 heteroatoms. The van der Waals surface area contributed by atoms with Crippen LogP contribution in [0.4, 0.5) is 0 Å². The van der Waals surface area contributed by atoms with E-state index in [0.717, 1.165) is 11.7 Å². The van der Waals surface area contributed by atoms with Crippen LogP contribution in [-0.4, -0.2) is 14.8 Å². The fraction of sp³-hybridized carbons (Fsp3) is 0.692. The van der Waals surface area contributed by atoms with Crippen LogP contribution in [0.3, 0.4) is 0 Å². The predicted octanol–water partition coefficient (Wildman–Crippen LogP) is 12.2. The first-order chi connectivity index (χ1) is 20.8. The monoisotopic (exact) mass is 584 g/mol. The van der Waals surface area contributed by atoms with Crippen LogP contribution in [0.5, 0.6) is 11.5 Å². The second kappa shape index (κ2) is 15.5. The zero-order valence-corrected chi connectivity index (χ0v) is 27.9. The molecule has 2 aromatic carbocycles. The summed E-state index contributed by atoms with van der Waals surface area (Å²) in [6.45, 7) is 2.33. The lowest BCUT2D eigenvalue weighted by Gasteiger charge is -2.33. The second-order valence-corrected chi connectivity index (χ2v) is 16.2. The minimum atomic E-state index is -2.02. The molecule has 0 unspecified atom stereocenters. The van der Waals surface area contributed by atoms with Gasteiger partial charge in [-0.1, -0.05) is 127 Å². The first-order valence-electron chi connectivity index (χ1n) is 18.4. The molecule has 0 spiro atoms. The largest absolute Gasteiger partial charge is 0.856 e. The molecule has 0 amide bonds. The van der Waals surface area contributed by atoms with Gasteiger partial charge in [-0.2, -0.15) is 0 Å². The summed E-state index contributed by atoms with van der Waals surface area (Å²) in [4.78, 5) is 0. The molecule has 0 N–H and O–H groups in total. The molecule has 0 saturated heterocycles. The van der Waals surface area contributed by atoms with Crippen molar-refractivity contribution in [2.45, 2.75) is 171 Å². The molecule has 4 aliphatic rings. The maximum Gasteiger partial charge on any atom is 0.856 e. The molecule has 4 aliphatic carbocycles. The van der Waals surface area contributed by atoms with E-state index in [9.17, 15) is 0 Å². The van der Waals surface area contributed by atoms with Crippen LogP contribution in [0.2, 0.25) is 5.28 Å². The van der Waals surface area contributed by atoms with Crippen LogP contribution in [0.1, 0.15) is 188 Å². The minimum absolute atomic E-state index is 0.654. The predicted molar refractivity (Wildman–Crippen MR) is 178 cm³/mol. The summed E-state index contributed by atoms with van der Waals surface area (Å²) < 4.78 is 14.9. The van der Waals surface area contributed by atoms with Crippen molar-refractivity contribution in [2.24, 2.45) is 0 Å². The summed E-state index contributed by atoms with van der Waals surface area (Å²) in [6, 6.07) is 14.4. The molecule has 4 fully saturated rings. The zero-order chi connectivity index (χ0) is 28.6. The average molecular weight is 585 g/mol. The normalized spacial score (nSPS) is 21.7. The second-order valence-electron chi connectivity index (χ2n) is 14.3. The molecule has 0 aromatic heterocycles. The molecule has 2 aromatic rings. The molecule has 4 saturated carbocycles. The van der Waals surface area contributed by atoms with Crippen molar-refractivity contribution < 1.29 is 7.58 Å². The summed E-state index contributed by atoms with van der Waals surface area (Å²) in [6.07, 6.45) is 28.2. The molecular weight excluding hydrogens is 527 g/mol. The zero-order valence-electron chi connectivity index (χ0n) is 26.7. The molecule has 2 nitrogen and oxygen atoms in total. The van der Waals surface area contributed by atoms with E-state index in [1.165, 1.54) is 162 Å². The van der Waals surface area contributed by atoms with E-state index in [-0.39, 0.29) is 0 Å². The summed E-state index contributed by atoms with van der Waals surface area (Å²) in [7, 11) is 0. The van der Waals surface area contributed by atoms with Crippen molar-refractivity contribution in [3.05, 3.63) is 58.7 Å². The van der Waals surface area contributed by atoms with E-state index in [4.69, 9.17) is 7.58 Å². The van der Waals surface area contributed by atoms with Crippen LogP contribution >= 0.6 is 0 Å². The van der Waals surface area contributed by atoms with Gasteiger partial charge < -0.3 is 7.58 Å². The van der Waals surface area contributed by atoms with Crippen molar-refractivity contribution in [1.29, 1.82) is 0 Å². The van der Waals surface area contributed by atoms with E-state index >= 15 is 0 Å². The van der Waals surface area contributed by atoms with Gasteiger partial charge >= 0.3 is 14.8 Å². The summed E-state index contributed by atoms with van der Waals surface area (Å²) in [5.74, 6) is 5.16. The van der Waals surface area contributed by atoms with Crippen LogP contribution in [0.15, 0.2) is 36.4 Å². The number of para-hydroxylation sites is 2. The highest BCUT2D eigenvalue weighted by molar-refractivity contribution is 6.46. The quantitative estimate of drug-likeness (QED) is 0.259. The van der Waals surface area contributed by atoms with E-state index in [1.54, 1.807) is 0 Å². The highest BCUT2D eigenvalue weighted by atomic mass is 27.2. The lowest BCUT2D eigenvalue weighted by Crippen LogP contribution is -2.32. The van der Waals surface area contributed by atoms with Crippen LogP contribution in [0.25, 0.3) is 0 Å². The van der Waals surface area contributed by atoms with Crippen LogP contribution < -0.4 is 7.58 Å². The van der Waals surface area contributed by atoms with E-state index in [1.807, 2.05) is 0 Å². The Hall–Kier alpha value is -1.43. The smallest absolute Gasteiger partial charge is 0.611 e. The van der Waals surface area contributed by atoms with Gasteiger partial charge in [-0.3, -0.25) is 0 Å². The molecule has 0 atom stereocenters. The fourth-order valence-corrected chi connectivity index (χ4v) is 10.8. The fourth-order valence-electron chi connectivity index (χ4n) is 9.00. The van der Waals surface area contributed by atoms with Gasteiger partial charge in [-0.15, -0.1) is 0 Å². The third kappa shape index (κ3) is 7.44. The number of benzene rings is 2. The van der Waals surface area contributed by atoms with E-state index in [2.05, 4.69) is 43.3 Å². The van der Waals surface area contributed by atoms with E-state index in [0.29, 0.717) is 23.7 Å². The van der Waals surface area contributed by atoms with Gasteiger partial charge in [0.25, 0.3) is 0 Å². The minimum Gasteiger partial charge on any atom is -0.611 e. The molecule has 6 rings (SSSR count). The summed E-state index contributed by atoms with van der Waals surface area (Å²) >= 11 is -2.02. The van der Waals surface area contributed by atoms with Gasteiger partial charge in [0.05, 0.1) is 11.5 Å². The Morgan fingerprint density at radius 3 is 1.02 bits per heavy atom. The molecule has 228 valence electrons. The average Bonchev–Trinajstić information content (AvgIpc) is 3.06. The number of hydrogen-bond donors (Lipinski definition) is 0. The first kappa shape index (κ1) is 30.6. The van der Waals surface area contributed by atoms with Gasteiger partial charge in [-0.25, -0.2) is 0 Å². The third-order valence-corrected chi connectivity index (χ3v) is 13.4. The third-order valence-electron chi connectivity index (χ3n) is 11.4. The van der Waals surface area contributed by atoms with Gasteiger partial charge in [0.1, 0.15) is 0 Å². The first-order valence-corrected chi connectivity index (χ1v) is 20.2. The highest BCUT2D eigenvalue weighted by Crippen LogP contribution is 2.47. The lowest BCUT2D eigenvalue weighted by molar-refractivity contribution is 0.371. The summed E-state index contributed by atoms with van der Waals surface area (Å²) in [5, 5.41) is 1.08. The molecule has 0 heterocycles. The van der Waals surface area contributed by atoms with E-state index < -0.39 is 14.8 Å². The molecule has 42 heavy (non-hydrogen) atoms. The van der Waals surface area contributed by atoms with Gasteiger partial charge in [-0.05, 0) is 103 Å². The maximum atomic E-state index is 7.43. The van der Waals surface area contributed by atoms with Crippen molar-refractivity contribution in [2.75, 3.05) is 0 Å².